The average Bonchev–Trinajstić information content (AvgIpc) is 3.08. The third-order valence-corrected chi connectivity index (χ3v) is 4.64. The van der Waals surface area contributed by atoms with Crippen molar-refractivity contribution in [2.75, 3.05) is 13.2 Å². The highest BCUT2D eigenvalue weighted by Gasteiger charge is 2.30. The van der Waals surface area contributed by atoms with Crippen LogP contribution in [0.4, 0.5) is 4.79 Å². The molecule has 126 valence electrons. The largest absolute Gasteiger partial charge is 0.489 e. The number of halogens is 1. The summed E-state index contributed by atoms with van der Waals surface area (Å²) in [5.74, 6) is 0.682. The molecule has 0 spiro atoms. The number of amides is 1. The van der Waals surface area contributed by atoms with E-state index in [-0.39, 0.29) is 18.7 Å². The van der Waals surface area contributed by atoms with Gasteiger partial charge in [-0.3, -0.25) is 4.98 Å². The molecule has 3 rings (SSSR count). The van der Waals surface area contributed by atoms with Gasteiger partial charge in [0.25, 0.3) is 0 Å². The number of likely N-dealkylation sites (tertiary alicyclic amines) is 1. The molecule has 0 aliphatic carbocycles. The lowest BCUT2D eigenvalue weighted by molar-refractivity contribution is 0.0823. The maximum atomic E-state index is 12.3. The molecule has 0 radical (unpaired) electrons. The molecule has 6 heteroatoms. The first kappa shape index (κ1) is 16.8. The van der Waals surface area contributed by atoms with E-state index in [1.165, 1.54) is 0 Å². The Labute approximate surface area is 149 Å². The highest BCUT2D eigenvalue weighted by atomic mass is 79.9. The van der Waals surface area contributed by atoms with Crippen molar-refractivity contribution in [1.29, 1.82) is 0 Å². The van der Waals surface area contributed by atoms with Crippen molar-refractivity contribution in [1.82, 2.24) is 9.88 Å². The topological polar surface area (TPSA) is 51.7 Å². The Balaban J connectivity index is 1.53. The van der Waals surface area contributed by atoms with Crippen LogP contribution in [-0.2, 0) is 11.3 Å². The van der Waals surface area contributed by atoms with Gasteiger partial charge in [0.15, 0.2) is 5.75 Å². The minimum absolute atomic E-state index is 0.0281. The van der Waals surface area contributed by atoms with Crippen molar-refractivity contribution in [3.63, 3.8) is 0 Å². The van der Waals surface area contributed by atoms with Gasteiger partial charge in [-0.1, -0.05) is 30.3 Å². The quantitative estimate of drug-likeness (QED) is 0.773. The molecule has 1 aromatic carbocycles. The fourth-order valence-corrected chi connectivity index (χ4v) is 3.04. The van der Waals surface area contributed by atoms with E-state index in [2.05, 4.69) is 20.9 Å². The summed E-state index contributed by atoms with van der Waals surface area (Å²) in [6.07, 6.45) is 4.95. The predicted octanol–water partition coefficient (Wildman–Crippen LogP) is 4.02. The summed E-state index contributed by atoms with van der Waals surface area (Å²) in [4.78, 5) is 18.1. The predicted molar refractivity (Wildman–Crippen MR) is 93.8 cm³/mol. The van der Waals surface area contributed by atoms with Crippen LogP contribution in [0.15, 0.2) is 53.3 Å². The van der Waals surface area contributed by atoms with Crippen LogP contribution in [-0.4, -0.2) is 35.2 Å². The normalized spacial score (nSPS) is 16.9. The van der Waals surface area contributed by atoms with Gasteiger partial charge in [-0.25, -0.2) is 4.79 Å². The monoisotopic (exact) mass is 390 g/mol. The molecule has 24 heavy (non-hydrogen) atoms. The second-order valence-corrected chi connectivity index (χ2v) is 6.50. The molecule has 0 N–H and O–H groups in total. The number of aromatic nitrogens is 1. The number of ether oxygens (including phenoxy) is 2. The van der Waals surface area contributed by atoms with Crippen molar-refractivity contribution in [3.8, 4) is 5.75 Å². The first-order chi connectivity index (χ1) is 11.7. The van der Waals surface area contributed by atoms with E-state index in [0.717, 1.165) is 22.9 Å². The summed E-state index contributed by atoms with van der Waals surface area (Å²) in [6.45, 7) is 1.43. The van der Waals surface area contributed by atoms with Crippen molar-refractivity contribution in [2.24, 2.45) is 0 Å². The molecule has 0 saturated carbocycles. The minimum Gasteiger partial charge on any atom is -0.489 e. The number of carbonyl (C=O) groups is 1. The molecule has 5 nitrogen and oxygen atoms in total. The van der Waals surface area contributed by atoms with Crippen LogP contribution >= 0.6 is 15.9 Å². The Hall–Kier alpha value is -2.08. The first-order valence-electron chi connectivity index (χ1n) is 7.93. The number of carbonyl (C=O) groups excluding carboxylic acids is 1. The van der Waals surface area contributed by atoms with Crippen LogP contribution in [0, 0.1) is 0 Å². The number of benzene rings is 1. The number of rotatable bonds is 5. The Morgan fingerprint density at radius 3 is 2.92 bits per heavy atom. The standard InChI is InChI=1S/C18H19BrN2O3/c19-16-8-9-20-11-17(16)23-13-15-7-4-10-21(15)18(22)24-12-14-5-2-1-3-6-14/h1-3,5-6,8-9,11,15H,4,7,10,12-13H2. The summed E-state index contributed by atoms with van der Waals surface area (Å²) in [7, 11) is 0. The van der Waals surface area contributed by atoms with Crippen LogP contribution in [0.1, 0.15) is 18.4 Å². The van der Waals surface area contributed by atoms with Gasteiger partial charge < -0.3 is 14.4 Å². The van der Waals surface area contributed by atoms with Crippen LogP contribution in [0.25, 0.3) is 0 Å². The minimum atomic E-state index is -0.282. The molecule has 1 fully saturated rings. The molecule has 1 unspecified atom stereocenters. The van der Waals surface area contributed by atoms with Gasteiger partial charge in [0, 0.05) is 12.7 Å². The number of hydrogen-bond donors (Lipinski definition) is 0. The molecule has 0 bridgehead atoms. The summed E-state index contributed by atoms with van der Waals surface area (Å²) >= 11 is 3.43. The highest BCUT2D eigenvalue weighted by Crippen LogP contribution is 2.25. The Morgan fingerprint density at radius 2 is 2.12 bits per heavy atom. The number of hydrogen-bond acceptors (Lipinski definition) is 4. The Bertz CT molecular complexity index is 681. The Kier molecular flexibility index (Phi) is 5.69. The van der Waals surface area contributed by atoms with Crippen molar-refractivity contribution in [3.05, 3.63) is 58.8 Å². The molecular formula is C18H19BrN2O3. The lowest BCUT2D eigenvalue weighted by atomic mass is 10.2. The lowest BCUT2D eigenvalue weighted by Crippen LogP contribution is -2.39. The van der Waals surface area contributed by atoms with Gasteiger partial charge >= 0.3 is 6.09 Å². The van der Waals surface area contributed by atoms with Crippen LogP contribution in [0.2, 0.25) is 0 Å². The summed E-state index contributed by atoms with van der Waals surface area (Å²) in [6, 6.07) is 11.5. The summed E-state index contributed by atoms with van der Waals surface area (Å²) in [5.41, 5.74) is 0.983. The van der Waals surface area contributed by atoms with E-state index in [1.807, 2.05) is 36.4 Å². The van der Waals surface area contributed by atoms with E-state index in [1.54, 1.807) is 17.3 Å². The van der Waals surface area contributed by atoms with Gasteiger partial charge in [-0.2, -0.15) is 0 Å². The zero-order chi connectivity index (χ0) is 16.8. The first-order valence-corrected chi connectivity index (χ1v) is 8.73. The van der Waals surface area contributed by atoms with Gasteiger partial charge in [0.2, 0.25) is 0 Å². The summed E-state index contributed by atoms with van der Waals surface area (Å²) in [5, 5.41) is 0. The van der Waals surface area contributed by atoms with Crippen LogP contribution in [0.3, 0.4) is 0 Å². The molecule has 1 aliphatic rings. The van der Waals surface area contributed by atoms with Crippen molar-refractivity contribution < 1.29 is 14.3 Å². The smallest absolute Gasteiger partial charge is 0.410 e. The molecule has 1 saturated heterocycles. The van der Waals surface area contributed by atoms with Gasteiger partial charge in [-0.15, -0.1) is 0 Å². The lowest BCUT2D eigenvalue weighted by Gasteiger charge is -2.24. The zero-order valence-electron chi connectivity index (χ0n) is 13.2. The maximum absolute atomic E-state index is 12.3. The van der Waals surface area contributed by atoms with Gasteiger partial charge in [-0.05, 0) is 40.4 Å². The fourth-order valence-electron chi connectivity index (χ4n) is 2.71. The van der Waals surface area contributed by atoms with Crippen molar-refractivity contribution in [2.45, 2.75) is 25.5 Å². The number of pyridine rings is 1. The SMILES string of the molecule is O=C(OCc1ccccc1)N1CCCC1COc1cnccc1Br. The zero-order valence-corrected chi connectivity index (χ0v) is 14.8. The maximum Gasteiger partial charge on any atom is 0.410 e. The Morgan fingerprint density at radius 1 is 1.29 bits per heavy atom. The molecule has 1 amide bonds. The fraction of sp³-hybridized carbons (Fsp3) is 0.333. The van der Waals surface area contributed by atoms with E-state index in [9.17, 15) is 4.79 Å². The second-order valence-electron chi connectivity index (χ2n) is 5.65. The third-order valence-electron chi connectivity index (χ3n) is 3.98. The molecule has 2 aromatic rings. The molecule has 1 aromatic heterocycles. The summed E-state index contributed by atoms with van der Waals surface area (Å²) < 4.78 is 12.1. The van der Waals surface area contributed by atoms with E-state index in [0.29, 0.717) is 18.9 Å². The van der Waals surface area contributed by atoms with Gasteiger partial charge in [0.1, 0.15) is 13.2 Å². The van der Waals surface area contributed by atoms with E-state index >= 15 is 0 Å². The van der Waals surface area contributed by atoms with Gasteiger partial charge in [0.05, 0.1) is 16.7 Å². The average molecular weight is 391 g/mol. The van der Waals surface area contributed by atoms with E-state index in [4.69, 9.17) is 9.47 Å². The molecule has 1 atom stereocenters. The van der Waals surface area contributed by atoms with Crippen LogP contribution in [0.5, 0.6) is 5.75 Å². The molecular weight excluding hydrogens is 372 g/mol. The molecule has 1 aliphatic heterocycles. The van der Waals surface area contributed by atoms with Crippen molar-refractivity contribution >= 4 is 22.0 Å². The highest BCUT2D eigenvalue weighted by molar-refractivity contribution is 9.10. The van der Waals surface area contributed by atoms with Crippen LogP contribution < -0.4 is 4.74 Å². The third kappa shape index (κ3) is 4.26. The second kappa shape index (κ2) is 8.15. The molecule has 2 heterocycles. The number of nitrogens with zero attached hydrogens (tertiary/aromatic N) is 2. The van der Waals surface area contributed by atoms with E-state index < -0.39 is 0 Å².